The van der Waals surface area contributed by atoms with Gasteiger partial charge >= 0.3 is 0 Å². The molecule has 1 saturated carbocycles. The van der Waals surface area contributed by atoms with E-state index in [0.717, 1.165) is 24.1 Å². The molecule has 25 heavy (non-hydrogen) atoms. The highest BCUT2D eigenvalue weighted by Gasteiger charge is 2.35. The first kappa shape index (κ1) is 15.7. The van der Waals surface area contributed by atoms with Gasteiger partial charge in [-0.25, -0.2) is 0 Å². The lowest BCUT2D eigenvalue weighted by molar-refractivity contribution is -0.134. The maximum absolute atomic E-state index is 12.6. The lowest BCUT2D eigenvalue weighted by atomic mass is 10.2. The Kier molecular flexibility index (Phi) is 3.95. The molecule has 0 spiro atoms. The first-order chi connectivity index (χ1) is 12.1. The molecule has 0 unspecified atom stereocenters. The van der Waals surface area contributed by atoms with Gasteiger partial charge in [-0.15, -0.1) is 15.0 Å². The number of aryl methyl sites for hydroxylation is 1. The van der Waals surface area contributed by atoms with Gasteiger partial charge in [0.05, 0.1) is 5.69 Å². The molecule has 1 aromatic heterocycles. The number of aromatic nitrogens is 4. The van der Waals surface area contributed by atoms with Crippen molar-refractivity contribution in [1.29, 1.82) is 0 Å². The Bertz CT molecular complexity index is 788. The molecule has 4 rings (SSSR count). The third-order valence-electron chi connectivity index (χ3n) is 4.67. The van der Waals surface area contributed by atoms with Crippen molar-refractivity contribution >= 4 is 11.8 Å². The van der Waals surface area contributed by atoms with Gasteiger partial charge in [-0.1, -0.05) is 17.7 Å². The molecule has 0 bridgehead atoms. The van der Waals surface area contributed by atoms with Crippen molar-refractivity contribution < 1.29 is 9.59 Å². The Labute approximate surface area is 145 Å². The normalized spacial score (nSPS) is 17.6. The summed E-state index contributed by atoms with van der Waals surface area (Å²) in [4.78, 5) is 29.5. The van der Waals surface area contributed by atoms with Gasteiger partial charge in [0.25, 0.3) is 11.7 Å². The van der Waals surface area contributed by atoms with Crippen LogP contribution in [0.2, 0.25) is 0 Å². The predicted molar refractivity (Wildman–Crippen MR) is 89.1 cm³/mol. The van der Waals surface area contributed by atoms with Crippen LogP contribution in [0.1, 0.15) is 29.0 Å². The van der Waals surface area contributed by atoms with E-state index in [-0.39, 0.29) is 23.6 Å². The van der Waals surface area contributed by atoms with Gasteiger partial charge in [-0.3, -0.25) is 9.59 Å². The number of hydrogen-bond donors (Lipinski definition) is 0. The van der Waals surface area contributed by atoms with Gasteiger partial charge in [0.15, 0.2) is 0 Å². The first-order valence-corrected chi connectivity index (χ1v) is 8.57. The van der Waals surface area contributed by atoms with Gasteiger partial charge < -0.3 is 9.80 Å². The Morgan fingerprint density at radius 3 is 2.28 bits per heavy atom. The summed E-state index contributed by atoms with van der Waals surface area (Å²) < 4.78 is 0. The van der Waals surface area contributed by atoms with Crippen LogP contribution in [0.4, 0.5) is 0 Å². The number of hydrogen-bond acceptors (Lipinski definition) is 5. The van der Waals surface area contributed by atoms with Crippen LogP contribution in [-0.4, -0.2) is 68.0 Å². The molecule has 0 radical (unpaired) electrons. The van der Waals surface area contributed by atoms with E-state index in [2.05, 4.69) is 15.4 Å². The number of benzene rings is 1. The zero-order valence-electron chi connectivity index (χ0n) is 14.1. The fourth-order valence-corrected chi connectivity index (χ4v) is 2.95. The molecule has 1 aliphatic carbocycles. The third kappa shape index (κ3) is 3.24. The number of carbonyl (C=O) groups is 2. The van der Waals surface area contributed by atoms with Gasteiger partial charge in [0.2, 0.25) is 5.91 Å². The van der Waals surface area contributed by atoms with Crippen LogP contribution in [0.3, 0.4) is 0 Å². The summed E-state index contributed by atoms with van der Waals surface area (Å²) in [7, 11) is 0. The highest BCUT2D eigenvalue weighted by molar-refractivity contribution is 5.90. The molecule has 1 aliphatic heterocycles. The quantitative estimate of drug-likeness (QED) is 0.820. The van der Waals surface area contributed by atoms with Crippen LogP contribution in [0.15, 0.2) is 24.3 Å². The lowest BCUT2D eigenvalue weighted by Crippen LogP contribution is -2.51. The topological polar surface area (TPSA) is 84.2 Å². The summed E-state index contributed by atoms with van der Waals surface area (Å²) in [6, 6.07) is 7.67. The fourth-order valence-electron chi connectivity index (χ4n) is 2.95. The number of piperazine rings is 1. The minimum atomic E-state index is -0.239. The molecule has 0 N–H and O–H groups in total. The predicted octanol–water partition coefficient (Wildman–Crippen LogP) is 0.665. The second kappa shape index (κ2) is 6.27. The Morgan fingerprint density at radius 1 is 1.00 bits per heavy atom. The van der Waals surface area contributed by atoms with E-state index in [1.165, 1.54) is 4.80 Å². The average molecular weight is 340 g/mol. The highest BCUT2D eigenvalue weighted by atomic mass is 16.2. The molecule has 2 amide bonds. The van der Waals surface area contributed by atoms with E-state index in [0.29, 0.717) is 26.2 Å². The van der Waals surface area contributed by atoms with Crippen molar-refractivity contribution in [2.75, 3.05) is 26.2 Å². The molecule has 1 saturated heterocycles. The van der Waals surface area contributed by atoms with Gasteiger partial charge in [-0.05, 0) is 37.1 Å². The molecule has 2 aliphatic rings. The van der Waals surface area contributed by atoms with Crippen LogP contribution >= 0.6 is 0 Å². The lowest BCUT2D eigenvalue weighted by Gasteiger charge is -2.34. The number of rotatable bonds is 3. The highest BCUT2D eigenvalue weighted by Crippen LogP contribution is 2.31. The van der Waals surface area contributed by atoms with Crippen LogP contribution < -0.4 is 0 Å². The second-order valence-corrected chi connectivity index (χ2v) is 6.63. The number of carbonyl (C=O) groups excluding carboxylic acids is 2. The summed E-state index contributed by atoms with van der Waals surface area (Å²) in [6.07, 6.45) is 2.01. The molecule has 8 heteroatoms. The SMILES string of the molecule is Cc1ccc(-n2nnc(C(=O)N3CCN(C(=O)C4CC4)CC3)n2)cc1. The zero-order valence-corrected chi connectivity index (χ0v) is 14.1. The van der Waals surface area contributed by atoms with E-state index in [4.69, 9.17) is 0 Å². The van der Waals surface area contributed by atoms with E-state index in [9.17, 15) is 9.59 Å². The molecule has 2 heterocycles. The maximum Gasteiger partial charge on any atom is 0.295 e. The molecule has 2 fully saturated rings. The smallest absolute Gasteiger partial charge is 0.295 e. The summed E-state index contributed by atoms with van der Waals surface area (Å²) >= 11 is 0. The number of amides is 2. The Balaban J connectivity index is 1.40. The summed E-state index contributed by atoms with van der Waals surface area (Å²) in [5.74, 6) is 0.299. The van der Waals surface area contributed by atoms with Crippen molar-refractivity contribution in [2.45, 2.75) is 19.8 Å². The van der Waals surface area contributed by atoms with E-state index >= 15 is 0 Å². The van der Waals surface area contributed by atoms with Crippen LogP contribution in [0.5, 0.6) is 0 Å². The van der Waals surface area contributed by atoms with Crippen molar-refractivity contribution in [2.24, 2.45) is 5.92 Å². The van der Waals surface area contributed by atoms with Gasteiger partial charge in [-0.2, -0.15) is 0 Å². The molecule has 2 aromatic rings. The van der Waals surface area contributed by atoms with Gasteiger partial charge in [0.1, 0.15) is 0 Å². The van der Waals surface area contributed by atoms with E-state index in [1.807, 2.05) is 36.1 Å². The van der Waals surface area contributed by atoms with Crippen molar-refractivity contribution in [3.63, 3.8) is 0 Å². The maximum atomic E-state index is 12.6. The summed E-state index contributed by atoms with van der Waals surface area (Å²) in [5, 5.41) is 12.1. The summed E-state index contributed by atoms with van der Waals surface area (Å²) in [6.45, 7) is 4.17. The Morgan fingerprint density at radius 2 is 1.64 bits per heavy atom. The number of tetrazole rings is 1. The molecular formula is C17H20N6O2. The van der Waals surface area contributed by atoms with E-state index < -0.39 is 0 Å². The van der Waals surface area contributed by atoms with Crippen molar-refractivity contribution in [3.8, 4) is 5.69 Å². The largest absolute Gasteiger partial charge is 0.339 e. The van der Waals surface area contributed by atoms with E-state index in [1.54, 1.807) is 4.90 Å². The monoisotopic (exact) mass is 340 g/mol. The van der Waals surface area contributed by atoms with Crippen LogP contribution in [0.25, 0.3) is 5.69 Å². The Hall–Kier alpha value is -2.77. The standard InChI is InChI=1S/C17H20N6O2/c1-12-2-6-14(7-3-12)23-19-15(18-20-23)17(25)22-10-8-21(9-11-22)16(24)13-4-5-13/h2-3,6-7,13H,4-5,8-11H2,1H3. The first-order valence-electron chi connectivity index (χ1n) is 8.57. The molecule has 0 atom stereocenters. The van der Waals surface area contributed by atoms with Gasteiger partial charge in [0, 0.05) is 32.1 Å². The average Bonchev–Trinajstić information content (AvgIpc) is 3.38. The third-order valence-corrected chi connectivity index (χ3v) is 4.67. The molecule has 1 aromatic carbocycles. The minimum Gasteiger partial charge on any atom is -0.339 e. The summed E-state index contributed by atoms with van der Waals surface area (Å²) in [5.41, 5.74) is 1.90. The molecule has 130 valence electrons. The molecular weight excluding hydrogens is 320 g/mol. The minimum absolute atomic E-state index is 0.0857. The molecule has 8 nitrogen and oxygen atoms in total. The number of nitrogens with zero attached hydrogens (tertiary/aromatic N) is 6. The van der Waals surface area contributed by atoms with Crippen LogP contribution in [-0.2, 0) is 4.79 Å². The fraction of sp³-hybridized carbons (Fsp3) is 0.471. The van der Waals surface area contributed by atoms with Crippen molar-refractivity contribution in [1.82, 2.24) is 30.0 Å². The zero-order chi connectivity index (χ0) is 17.4. The van der Waals surface area contributed by atoms with Crippen molar-refractivity contribution in [3.05, 3.63) is 35.7 Å². The second-order valence-electron chi connectivity index (χ2n) is 6.63. The van der Waals surface area contributed by atoms with Crippen LogP contribution in [0, 0.1) is 12.8 Å².